The lowest BCUT2D eigenvalue weighted by molar-refractivity contribution is -0.531. The van der Waals surface area contributed by atoms with Crippen molar-refractivity contribution in [2.45, 2.75) is 39.2 Å². The summed E-state index contributed by atoms with van der Waals surface area (Å²) in [5.74, 6) is 0.128. The van der Waals surface area contributed by atoms with Gasteiger partial charge in [0.25, 0.3) is 0 Å². The molecule has 1 aromatic rings. The molecule has 0 saturated carbocycles. The van der Waals surface area contributed by atoms with E-state index in [1.807, 2.05) is 24.5 Å². The number of aromatic nitrogens is 1. The van der Waals surface area contributed by atoms with Crippen LogP contribution in [0.1, 0.15) is 50.4 Å². The van der Waals surface area contributed by atoms with Crippen LogP contribution in [0.25, 0.3) is 5.70 Å². The van der Waals surface area contributed by atoms with Gasteiger partial charge in [-0.2, -0.15) is 0 Å². The van der Waals surface area contributed by atoms with E-state index in [1.54, 1.807) is 6.20 Å². The highest BCUT2D eigenvalue weighted by Gasteiger charge is 2.25. The van der Waals surface area contributed by atoms with Crippen LogP contribution < -0.4 is 16.4 Å². The highest BCUT2D eigenvalue weighted by molar-refractivity contribution is 5.93. The Morgan fingerprint density at radius 1 is 1.46 bits per heavy atom. The minimum Gasteiger partial charge on any atom is -0.323 e. The fourth-order valence-electron chi connectivity index (χ4n) is 3.18. The van der Waals surface area contributed by atoms with Gasteiger partial charge < -0.3 is 21.8 Å². The van der Waals surface area contributed by atoms with Crippen LogP contribution in [-0.4, -0.2) is 24.2 Å². The van der Waals surface area contributed by atoms with Crippen LogP contribution in [0.5, 0.6) is 0 Å². The van der Waals surface area contributed by atoms with Gasteiger partial charge in [-0.15, -0.1) is 0 Å². The molecule has 2 unspecified atom stereocenters. The molecule has 6 nitrogen and oxygen atoms in total. The van der Waals surface area contributed by atoms with Crippen molar-refractivity contribution >= 4 is 17.8 Å². The smallest absolute Gasteiger partial charge is 0.227 e. The molecule has 1 aliphatic heterocycles. The number of hydrogen-bond donors (Lipinski definition) is 4. The van der Waals surface area contributed by atoms with Crippen LogP contribution in [0.4, 0.5) is 0 Å². The van der Waals surface area contributed by atoms with Gasteiger partial charge in [0, 0.05) is 29.9 Å². The summed E-state index contributed by atoms with van der Waals surface area (Å²) in [6.45, 7) is 4.11. The molecule has 6 N–H and O–H groups in total. The van der Waals surface area contributed by atoms with E-state index in [0.717, 1.165) is 36.2 Å². The summed E-state index contributed by atoms with van der Waals surface area (Å²) in [5.41, 5.74) is 9.39. The number of amides is 1. The zero-order chi connectivity index (χ0) is 17.7. The number of allylic oxidation sites excluding steroid dienone is 1. The number of fused-ring (bicyclic) bond motifs is 2. The molecule has 2 rings (SSSR count). The van der Waals surface area contributed by atoms with Gasteiger partial charge in [-0.05, 0) is 30.9 Å². The molecule has 2 heterocycles. The third-order valence-corrected chi connectivity index (χ3v) is 4.62. The first-order valence-corrected chi connectivity index (χ1v) is 8.54. The molecular formula is C18H28N5O+. The number of nitrogens with two attached hydrogens (primary N) is 2. The quantitative estimate of drug-likeness (QED) is 0.625. The van der Waals surface area contributed by atoms with Gasteiger partial charge in [-0.3, -0.25) is 9.78 Å². The first kappa shape index (κ1) is 18.3. The summed E-state index contributed by atoms with van der Waals surface area (Å²) < 4.78 is 0. The Balaban J connectivity index is 2.53. The van der Waals surface area contributed by atoms with Gasteiger partial charge >= 0.3 is 0 Å². The van der Waals surface area contributed by atoms with Gasteiger partial charge in [-0.25, -0.2) is 0 Å². The molecule has 0 spiro atoms. The molecule has 130 valence electrons. The maximum atomic E-state index is 12.7. The summed E-state index contributed by atoms with van der Waals surface area (Å²) in [7, 11) is 1.90. The van der Waals surface area contributed by atoms with Crippen molar-refractivity contribution in [1.82, 2.24) is 10.3 Å². The van der Waals surface area contributed by atoms with Crippen molar-refractivity contribution in [3.63, 3.8) is 0 Å². The molecule has 1 aromatic heterocycles. The zero-order valence-electron chi connectivity index (χ0n) is 14.7. The molecule has 1 amide bonds. The Kier molecular flexibility index (Phi) is 6.23. The number of rotatable bonds is 3. The SMILES string of the molecule is C[NH2+]C1=C(C=N)NC(=O)C(C(C)C)CCCC(N)c2cc1ccn2. The Morgan fingerprint density at radius 3 is 2.83 bits per heavy atom. The third-order valence-electron chi connectivity index (χ3n) is 4.62. The van der Waals surface area contributed by atoms with Crippen molar-refractivity contribution in [1.29, 1.82) is 5.41 Å². The maximum Gasteiger partial charge on any atom is 0.227 e. The van der Waals surface area contributed by atoms with E-state index in [4.69, 9.17) is 11.1 Å². The molecule has 0 aliphatic carbocycles. The van der Waals surface area contributed by atoms with E-state index in [-0.39, 0.29) is 23.8 Å². The number of pyridine rings is 1. The summed E-state index contributed by atoms with van der Waals surface area (Å²) in [4.78, 5) is 17.1. The van der Waals surface area contributed by atoms with E-state index in [9.17, 15) is 4.79 Å². The van der Waals surface area contributed by atoms with Crippen molar-refractivity contribution in [2.75, 3.05) is 7.05 Å². The van der Waals surface area contributed by atoms with E-state index >= 15 is 0 Å². The molecular weight excluding hydrogens is 302 g/mol. The summed E-state index contributed by atoms with van der Waals surface area (Å²) in [5, 5.41) is 12.6. The average molecular weight is 330 g/mol. The van der Waals surface area contributed by atoms with Crippen LogP contribution in [-0.2, 0) is 4.79 Å². The fraction of sp³-hybridized carbons (Fsp3) is 0.500. The summed E-state index contributed by atoms with van der Waals surface area (Å²) >= 11 is 0. The second-order valence-electron chi connectivity index (χ2n) is 6.61. The van der Waals surface area contributed by atoms with E-state index in [1.165, 1.54) is 6.21 Å². The van der Waals surface area contributed by atoms with Crippen molar-refractivity contribution in [2.24, 2.45) is 17.6 Å². The fourth-order valence-corrected chi connectivity index (χ4v) is 3.18. The van der Waals surface area contributed by atoms with Crippen LogP contribution in [0.15, 0.2) is 24.0 Å². The first-order valence-electron chi connectivity index (χ1n) is 8.54. The lowest BCUT2D eigenvalue weighted by atomic mass is 9.88. The zero-order valence-corrected chi connectivity index (χ0v) is 14.7. The van der Waals surface area contributed by atoms with Gasteiger partial charge in [-0.1, -0.05) is 20.3 Å². The Hall–Kier alpha value is -2.05. The van der Waals surface area contributed by atoms with Crippen molar-refractivity contribution < 1.29 is 10.1 Å². The number of nitrogens with zero attached hydrogens (tertiary/aromatic N) is 1. The van der Waals surface area contributed by atoms with Crippen molar-refractivity contribution in [3.05, 3.63) is 35.3 Å². The number of carbonyl (C=O) groups excluding carboxylic acids is 1. The third kappa shape index (κ3) is 4.07. The first-order chi connectivity index (χ1) is 11.5. The number of hydrogen-bond acceptors (Lipinski definition) is 4. The van der Waals surface area contributed by atoms with Crippen LogP contribution in [0.3, 0.4) is 0 Å². The molecule has 0 saturated heterocycles. The standard InChI is InChI=1S/C18H27N5O/c1-11(2)13-5-4-6-14(20)15-9-12(7-8-22-15)17(21-3)16(10-19)23-18(13)24/h7-11,13-14,19,21H,4-6,20H2,1-3H3,(H,23,24)/p+1. The highest BCUT2D eigenvalue weighted by atomic mass is 16.1. The maximum absolute atomic E-state index is 12.7. The lowest BCUT2D eigenvalue weighted by Crippen LogP contribution is -2.77. The predicted octanol–water partition coefficient (Wildman–Crippen LogP) is 1.17. The minimum atomic E-state index is -0.137. The molecule has 6 heteroatoms. The molecule has 2 bridgehead atoms. The molecule has 24 heavy (non-hydrogen) atoms. The number of nitrogens with one attached hydrogen (secondary N) is 2. The van der Waals surface area contributed by atoms with Crippen LogP contribution in [0, 0.1) is 17.2 Å². The average Bonchev–Trinajstić information content (AvgIpc) is 2.57. The molecule has 0 aromatic carbocycles. The molecule has 0 fully saturated rings. The van der Waals surface area contributed by atoms with Gasteiger partial charge in [0.1, 0.15) is 5.70 Å². The van der Waals surface area contributed by atoms with Crippen LogP contribution in [0.2, 0.25) is 0 Å². The van der Waals surface area contributed by atoms with Gasteiger partial charge in [0.15, 0.2) is 5.70 Å². The summed E-state index contributed by atoms with van der Waals surface area (Å²) in [6.07, 6.45) is 5.41. The molecule has 0 radical (unpaired) electrons. The molecule has 2 atom stereocenters. The number of carbonyl (C=O) groups is 1. The predicted molar refractivity (Wildman–Crippen MR) is 95.0 cm³/mol. The highest BCUT2D eigenvalue weighted by Crippen LogP contribution is 2.24. The summed E-state index contributed by atoms with van der Waals surface area (Å²) in [6, 6.07) is 3.70. The van der Waals surface area contributed by atoms with Crippen molar-refractivity contribution in [3.8, 4) is 0 Å². The normalized spacial score (nSPS) is 22.6. The second-order valence-corrected chi connectivity index (χ2v) is 6.61. The van der Waals surface area contributed by atoms with Crippen LogP contribution >= 0.6 is 0 Å². The largest absolute Gasteiger partial charge is 0.323 e. The van der Waals surface area contributed by atoms with E-state index < -0.39 is 0 Å². The second kappa shape index (κ2) is 8.17. The molecule has 1 aliphatic rings. The Morgan fingerprint density at radius 2 is 2.21 bits per heavy atom. The van der Waals surface area contributed by atoms with Gasteiger partial charge in [0.2, 0.25) is 5.91 Å². The van der Waals surface area contributed by atoms with E-state index in [2.05, 4.69) is 24.1 Å². The number of quaternary nitrogens is 1. The Bertz CT molecular complexity index is 638. The topological polar surface area (TPSA) is 108 Å². The Labute approximate surface area is 143 Å². The monoisotopic (exact) mass is 330 g/mol. The van der Waals surface area contributed by atoms with Gasteiger partial charge in [0.05, 0.1) is 12.7 Å². The lowest BCUT2D eigenvalue weighted by Gasteiger charge is -2.22. The van der Waals surface area contributed by atoms with E-state index in [0.29, 0.717) is 5.70 Å². The minimum absolute atomic E-state index is 0.0220.